The fourth-order valence-corrected chi connectivity index (χ4v) is 3.55. The summed E-state index contributed by atoms with van der Waals surface area (Å²) in [5.74, 6) is -0.0509. The minimum absolute atomic E-state index is 0.0803. The van der Waals surface area contributed by atoms with Gasteiger partial charge in [-0.25, -0.2) is 0 Å². The van der Waals surface area contributed by atoms with Gasteiger partial charge in [-0.15, -0.1) is 0 Å². The van der Waals surface area contributed by atoms with Crippen molar-refractivity contribution < 1.29 is 14.3 Å². The van der Waals surface area contributed by atoms with Gasteiger partial charge in [-0.2, -0.15) is 5.26 Å². The predicted octanol–water partition coefficient (Wildman–Crippen LogP) is 4.37. The van der Waals surface area contributed by atoms with Crippen molar-refractivity contribution in [3.63, 3.8) is 0 Å². The third-order valence-corrected chi connectivity index (χ3v) is 5.17. The highest BCUT2D eigenvalue weighted by molar-refractivity contribution is 6.01. The highest BCUT2D eigenvalue weighted by atomic mass is 16.5. The third-order valence-electron chi connectivity index (χ3n) is 5.17. The van der Waals surface area contributed by atoms with Crippen molar-refractivity contribution in [2.45, 2.75) is 45.1 Å². The number of carbonyl (C=O) groups is 2. The summed E-state index contributed by atoms with van der Waals surface area (Å²) in [5, 5.41) is 15.1. The Morgan fingerprint density at radius 2 is 1.87 bits per heavy atom. The van der Waals surface area contributed by atoms with Crippen molar-refractivity contribution >= 4 is 23.6 Å². The zero-order valence-corrected chi connectivity index (χ0v) is 17.7. The Kier molecular flexibility index (Phi) is 7.83. The number of nitriles is 1. The van der Waals surface area contributed by atoms with E-state index < -0.39 is 0 Å². The van der Waals surface area contributed by atoms with Gasteiger partial charge in [0.2, 0.25) is 0 Å². The van der Waals surface area contributed by atoms with Crippen LogP contribution in [0.3, 0.4) is 0 Å². The molecule has 0 saturated heterocycles. The molecule has 0 radical (unpaired) electrons. The van der Waals surface area contributed by atoms with Gasteiger partial charge in [-0.1, -0.05) is 43.5 Å². The number of carbonyl (C=O) groups excluding carboxylic acids is 2. The molecule has 160 valence electrons. The lowest BCUT2D eigenvalue weighted by molar-refractivity contribution is -0.118. The summed E-state index contributed by atoms with van der Waals surface area (Å²) in [6.07, 6.45) is 6.92. The van der Waals surface area contributed by atoms with E-state index in [1.165, 1.54) is 6.42 Å². The molecule has 3 rings (SSSR count). The molecule has 2 aromatic carbocycles. The second-order valence-corrected chi connectivity index (χ2v) is 7.75. The summed E-state index contributed by atoms with van der Waals surface area (Å²) < 4.78 is 5.53. The van der Waals surface area contributed by atoms with Crippen LogP contribution in [0.5, 0.6) is 5.75 Å². The zero-order valence-electron chi connectivity index (χ0n) is 17.7. The van der Waals surface area contributed by atoms with E-state index in [1.54, 1.807) is 30.3 Å². The van der Waals surface area contributed by atoms with Gasteiger partial charge >= 0.3 is 0 Å². The van der Waals surface area contributed by atoms with Gasteiger partial charge in [-0.3, -0.25) is 9.59 Å². The van der Waals surface area contributed by atoms with Crippen molar-refractivity contribution in [1.82, 2.24) is 5.32 Å². The minimum atomic E-state index is -0.331. The van der Waals surface area contributed by atoms with Crippen LogP contribution in [0.15, 0.2) is 54.1 Å². The maximum Gasteiger partial charge on any atom is 0.262 e. The molecule has 31 heavy (non-hydrogen) atoms. The van der Waals surface area contributed by atoms with Crippen LogP contribution in [-0.4, -0.2) is 24.5 Å². The number of hydrogen-bond acceptors (Lipinski definition) is 4. The van der Waals surface area contributed by atoms with Crippen LogP contribution in [0.4, 0.5) is 5.69 Å². The summed E-state index contributed by atoms with van der Waals surface area (Å²) in [5.41, 5.74) is 2.58. The summed E-state index contributed by atoms with van der Waals surface area (Å²) >= 11 is 0. The molecule has 0 bridgehead atoms. The van der Waals surface area contributed by atoms with Crippen LogP contribution >= 0.6 is 0 Å². The molecule has 2 N–H and O–H groups in total. The van der Waals surface area contributed by atoms with Crippen LogP contribution in [0, 0.1) is 18.3 Å². The zero-order chi connectivity index (χ0) is 22.1. The Morgan fingerprint density at radius 1 is 1.13 bits per heavy atom. The van der Waals surface area contributed by atoms with E-state index >= 15 is 0 Å². The molecule has 1 aliphatic rings. The molecule has 1 fully saturated rings. The summed E-state index contributed by atoms with van der Waals surface area (Å²) in [4.78, 5) is 24.5. The number of rotatable bonds is 7. The lowest BCUT2D eigenvalue weighted by atomic mass is 9.95. The van der Waals surface area contributed by atoms with Gasteiger partial charge in [0.25, 0.3) is 11.8 Å². The average Bonchev–Trinajstić information content (AvgIpc) is 2.77. The summed E-state index contributed by atoms with van der Waals surface area (Å²) in [7, 11) is 0. The van der Waals surface area contributed by atoms with E-state index in [-0.39, 0.29) is 30.0 Å². The number of benzene rings is 2. The Hall–Kier alpha value is -3.59. The standard InChI is InChI=1S/C25H27N3O3/c1-18-6-5-9-22(14-18)27-24(29)17-31-23-12-10-19(11-13-23)15-20(16-26)25(30)28-21-7-3-2-4-8-21/h5-6,9-15,21H,2-4,7-8,17H2,1H3,(H,27,29)(H,28,30)/b20-15+. The fraction of sp³-hybridized carbons (Fsp3) is 0.320. The van der Waals surface area contributed by atoms with Crippen LogP contribution < -0.4 is 15.4 Å². The summed E-state index contributed by atoms with van der Waals surface area (Å²) in [6.45, 7) is 1.84. The van der Waals surface area contributed by atoms with Crippen molar-refractivity contribution in [2.24, 2.45) is 0 Å². The van der Waals surface area contributed by atoms with Gasteiger partial charge in [-0.05, 0) is 61.2 Å². The van der Waals surface area contributed by atoms with Crippen molar-refractivity contribution in [3.8, 4) is 11.8 Å². The van der Waals surface area contributed by atoms with Crippen LogP contribution in [0.1, 0.15) is 43.2 Å². The van der Waals surface area contributed by atoms with E-state index in [1.807, 2.05) is 37.3 Å². The molecule has 2 aromatic rings. The van der Waals surface area contributed by atoms with E-state index in [4.69, 9.17) is 4.74 Å². The van der Waals surface area contributed by atoms with Crippen LogP contribution in [0.2, 0.25) is 0 Å². The molecule has 0 unspecified atom stereocenters. The number of aryl methyl sites for hydroxylation is 1. The molecule has 0 spiro atoms. The van der Waals surface area contributed by atoms with Gasteiger partial charge in [0.15, 0.2) is 6.61 Å². The first-order valence-electron chi connectivity index (χ1n) is 10.6. The molecule has 2 amide bonds. The maximum absolute atomic E-state index is 12.4. The predicted molar refractivity (Wildman–Crippen MR) is 120 cm³/mol. The Balaban J connectivity index is 1.52. The van der Waals surface area contributed by atoms with Gasteiger partial charge in [0.05, 0.1) is 0 Å². The normalized spacial score (nSPS) is 14.4. The Labute approximate surface area is 182 Å². The first kappa shape index (κ1) is 22.1. The first-order chi connectivity index (χ1) is 15.0. The van der Waals surface area contributed by atoms with E-state index in [0.717, 1.165) is 36.9 Å². The number of nitrogens with one attached hydrogen (secondary N) is 2. The summed E-state index contributed by atoms with van der Waals surface area (Å²) in [6, 6.07) is 16.6. The molecular formula is C25H27N3O3. The highest BCUT2D eigenvalue weighted by Gasteiger charge is 2.18. The minimum Gasteiger partial charge on any atom is -0.484 e. The Morgan fingerprint density at radius 3 is 2.55 bits per heavy atom. The van der Waals surface area contributed by atoms with E-state index in [2.05, 4.69) is 10.6 Å². The molecule has 0 aromatic heterocycles. The molecule has 1 saturated carbocycles. The third kappa shape index (κ3) is 7.00. The van der Waals surface area contributed by atoms with Gasteiger partial charge in [0.1, 0.15) is 17.4 Å². The number of amides is 2. The smallest absolute Gasteiger partial charge is 0.262 e. The first-order valence-corrected chi connectivity index (χ1v) is 10.6. The lowest BCUT2D eigenvalue weighted by Gasteiger charge is -2.22. The number of nitrogens with zero attached hydrogens (tertiary/aromatic N) is 1. The quantitative estimate of drug-likeness (QED) is 0.517. The molecule has 0 atom stereocenters. The molecular weight excluding hydrogens is 390 g/mol. The number of anilines is 1. The molecule has 0 aliphatic heterocycles. The van der Waals surface area contributed by atoms with Crippen molar-refractivity contribution in [1.29, 1.82) is 5.26 Å². The van der Waals surface area contributed by atoms with Crippen LogP contribution in [-0.2, 0) is 9.59 Å². The highest BCUT2D eigenvalue weighted by Crippen LogP contribution is 2.19. The largest absolute Gasteiger partial charge is 0.484 e. The fourth-order valence-electron chi connectivity index (χ4n) is 3.55. The molecule has 1 aliphatic carbocycles. The molecule has 0 heterocycles. The molecule has 6 heteroatoms. The second-order valence-electron chi connectivity index (χ2n) is 7.75. The van der Waals surface area contributed by atoms with Gasteiger partial charge in [0, 0.05) is 11.7 Å². The van der Waals surface area contributed by atoms with E-state index in [9.17, 15) is 14.9 Å². The topological polar surface area (TPSA) is 91.2 Å². The monoisotopic (exact) mass is 417 g/mol. The molecule has 6 nitrogen and oxygen atoms in total. The van der Waals surface area contributed by atoms with Gasteiger partial charge < -0.3 is 15.4 Å². The second kappa shape index (κ2) is 11.0. The van der Waals surface area contributed by atoms with Crippen molar-refractivity contribution in [2.75, 3.05) is 11.9 Å². The van der Waals surface area contributed by atoms with Crippen LogP contribution in [0.25, 0.3) is 6.08 Å². The average molecular weight is 418 g/mol. The Bertz CT molecular complexity index is 984. The SMILES string of the molecule is Cc1cccc(NC(=O)COc2ccc(/C=C(\C#N)C(=O)NC3CCCCC3)cc2)c1. The van der Waals surface area contributed by atoms with Crippen molar-refractivity contribution in [3.05, 3.63) is 65.2 Å². The maximum atomic E-state index is 12.4. The number of hydrogen-bond donors (Lipinski definition) is 2. The van der Waals surface area contributed by atoms with E-state index in [0.29, 0.717) is 11.3 Å². The number of ether oxygens (including phenoxy) is 1. The lowest BCUT2D eigenvalue weighted by Crippen LogP contribution is -2.36.